The number of hydrogen-bond acceptors (Lipinski definition) is 3. The van der Waals surface area contributed by atoms with E-state index in [-0.39, 0.29) is 24.9 Å². The van der Waals surface area contributed by atoms with Gasteiger partial charge in [-0.3, -0.25) is 15.6 Å². The molecule has 1 rings (SSSR count). The molecule has 0 radical (unpaired) electrons. The lowest BCUT2D eigenvalue weighted by Gasteiger charge is -2.10. The van der Waals surface area contributed by atoms with Gasteiger partial charge in [0.15, 0.2) is 0 Å². The Morgan fingerprint density at radius 3 is 2.33 bits per heavy atom. The molecule has 0 aliphatic heterocycles. The first kappa shape index (κ1) is 14.3. The predicted molar refractivity (Wildman–Crippen MR) is 64.5 cm³/mol. The molecule has 0 aliphatic rings. The molecule has 84 valence electrons. The Bertz CT molecular complexity index is 326. The zero-order chi connectivity index (χ0) is 10.6. The second-order valence-corrected chi connectivity index (χ2v) is 3.29. The maximum atomic E-state index is 10.8. The molecule has 4 nitrogen and oxygen atoms in total. The molecule has 0 atom stereocenters. The lowest BCUT2D eigenvalue weighted by molar-refractivity contribution is -0.119. The zero-order valence-electron chi connectivity index (χ0n) is 7.59. The molecule has 1 aromatic rings. The minimum atomic E-state index is -0.346. The zero-order valence-corrected chi connectivity index (χ0v) is 9.92. The normalized spacial score (nSPS) is 9.00. The number of amides is 1. The highest BCUT2D eigenvalue weighted by Crippen LogP contribution is 2.28. The van der Waals surface area contributed by atoms with Crippen LogP contribution in [0.1, 0.15) is 0 Å². The van der Waals surface area contributed by atoms with Crippen LogP contribution in [-0.2, 0) is 4.79 Å². The fourth-order valence-corrected chi connectivity index (χ4v) is 1.29. The minimum Gasteiger partial charge on any atom is -0.322 e. The second-order valence-electron chi connectivity index (χ2n) is 2.47. The SMILES string of the molecule is Cl.NCC(=O)NNc1c(Cl)cccc1Cl. The van der Waals surface area contributed by atoms with E-state index in [2.05, 4.69) is 10.9 Å². The Balaban J connectivity index is 0.00000196. The van der Waals surface area contributed by atoms with E-state index in [0.717, 1.165) is 0 Å². The summed E-state index contributed by atoms with van der Waals surface area (Å²) < 4.78 is 0. The van der Waals surface area contributed by atoms with Gasteiger partial charge in [-0.05, 0) is 12.1 Å². The van der Waals surface area contributed by atoms with Crippen LogP contribution in [-0.4, -0.2) is 12.5 Å². The largest absolute Gasteiger partial charge is 0.322 e. The summed E-state index contributed by atoms with van der Waals surface area (Å²) in [7, 11) is 0. The highest BCUT2D eigenvalue weighted by molar-refractivity contribution is 6.39. The molecule has 1 aromatic carbocycles. The van der Waals surface area contributed by atoms with Gasteiger partial charge in [0.05, 0.1) is 22.3 Å². The van der Waals surface area contributed by atoms with E-state index in [1.54, 1.807) is 18.2 Å². The van der Waals surface area contributed by atoms with Gasteiger partial charge in [-0.1, -0.05) is 29.3 Å². The molecule has 0 unspecified atom stereocenters. The van der Waals surface area contributed by atoms with E-state index >= 15 is 0 Å². The standard InChI is InChI=1S/C8H9Cl2N3O.ClH/c9-5-2-1-3-6(10)8(5)13-12-7(14)4-11;/h1-3,13H,4,11H2,(H,12,14);1H. The Hall–Kier alpha value is -0.680. The lowest BCUT2D eigenvalue weighted by Crippen LogP contribution is -2.34. The number of para-hydroxylation sites is 1. The second kappa shape index (κ2) is 6.74. The van der Waals surface area contributed by atoms with Crippen molar-refractivity contribution in [3.8, 4) is 0 Å². The summed E-state index contributed by atoms with van der Waals surface area (Å²) >= 11 is 11.7. The predicted octanol–water partition coefficient (Wildman–Crippen LogP) is 1.82. The van der Waals surface area contributed by atoms with Gasteiger partial charge in [0.2, 0.25) is 0 Å². The fraction of sp³-hybridized carbons (Fsp3) is 0.125. The van der Waals surface area contributed by atoms with Crippen molar-refractivity contribution >= 4 is 47.2 Å². The van der Waals surface area contributed by atoms with Crippen LogP contribution in [0.2, 0.25) is 10.0 Å². The molecule has 0 aromatic heterocycles. The molecule has 7 heteroatoms. The van der Waals surface area contributed by atoms with E-state index in [0.29, 0.717) is 15.7 Å². The summed E-state index contributed by atoms with van der Waals surface area (Å²) in [6.45, 7) is -0.102. The molecule has 0 heterocycles. The van der Waals surface area contributed by atoms with Gasteiger partial charge in [-0.15, -0.1) is 12.4 Å². The van der Waals surface area contributed by atoms with Crippen LogP contribution in [0.5, 0.6) is 0 Å². The summed E-state index contributed by atoms with van der Waals surface area (Å²) in [6, 6.07) is 5.02. The van der Waals surface area contributed by atoms with Crippen molar-refractivity contribution in [2.75, 3.05) is 12.0 Å². The number of benzene rings is 1. The molecular weight excluding hydrogens is 260 g/mol. The first-order valence-electron chi connectivity index (χ1n) is 3.84. The Kier molecular flexibility index (Phi) is 6.43. The summed E-state index contributed by atoms with van der Waals surface area (Å²) in [5, 5.41) is 0.852. The van der Waals surface area contributed by atoms with Crippen molar-refractivity contribution in [2.24, 2.45) is 5.73 Å². The number of anilines is 1. The van der Waals surface area contributed by atoms with Crippen LogP contribution in [0.25, 0.3) is 0 Å². The van der Waals surface area contributed by atoms with Crippen molar-refractivity contribution in [1.82, 2.24) is 5.43 Å². The monoisotopic (exact) mass is 269 g/mol. The first-order valence-corrected chi connectivity index (χ1v) is 4.59. The molecule has 15 heavy (non-hydrogen) atoms. The van der Waals surface area contributed by atoms with Crippen LogP contribution in [0.15, 0.2) is 18.2 Å². The van der Waals surface area contributed by atoms with Gasteiger partial charge in [-0.25, -0.2) is 0 Å². The average molecular weight is 271 g/mol. The first-order chi connectivity index (χ1) is 6.65. The minimum absolute atomic E-state index is 0. The van der Waals surface area contributed by atoms with Crippen LogP contribution in [0, 0.1) is 0 Å². The van der Waals surface area contributed by atoms with Crippen molar-refractivity contribution in [1.29, 1.82) is 0 Å². The van der Waals surface area contributed by atoms with Crippen molar-refractivity contribution in [3.05, 3.63) is 28.2 Å². The highest BCUT2D eigenvalue weighted by Gasteiger charge is 2.05. The van der Waals surface area contributed by atoms with E-state index < -0.39 is 0 Å². The molecule has 0 saturated heterocycles. The van der Waals surface area contributed by atoms with E-state index in [1.165, 1.54) is 0 Å². The Morgan fingerprint density at radius 1 is 1.33 bits per heavy atom. The number of carbonyl (C=O) groups excluding carboxylic acids is 1. The van der Waals surface area contributed by atoms with Gasteiger partial charge in [-0.2, -0.15) is 0 Å². The van der Waals surface area contributed by atoms with Gasteiger partial charge in [0.1, 0.15) is 0 Å². The topological polar surface area (TPSA) is 67.2 Å². The van der Waals surface area contributed by atoms with Crippen LogP contribution in [0.3, 0.4) is 0 Å². The van der Waals surface area contributed by atoms with Crippen molar-refractivity contribution in [2.45, 2.75) is 0 Å². The molecule has 0 spiro atoms. The fourth-order valence-electron chi connectivity index (χ4n) is 0.800. The van der Waals surface area contributed by atoms with Crippen LogP contribution >= 0.6 is 35.6 Å². The average Bonchev–Trinajstić information content (AvgIpc) is 2.16. The smallest absolute Gasteiger partial charge is 0.252 e. The Labute approximate surface area is 103 Å². The quantitative estimate of drug-likeness (QED) is 0.734. The third-order valence-electron chi connectivity index (χ3n) is 1.48. The maximum absolute atomic E-state index is 10.8. The number of hydrogen-bond donors (Lipinski definition) is 3. The van der Waals surface area contributed by atoms with Gasteiger partial charge in [0.25, 0.3) is 5.91 Å². The maximum Gasteiger partial charge on any atom is 0.252 e. The molecule has 1 amide bonds. The number of hydrazine groups is 1. The van der Waals surface area contributed by atoms with E-state index in [9.17, 15) is 4.79 Å². The summed E-state index contributed by atoms with van der Waals surface area (Å²) in [5.74, 6) is -0.346. The van der Waals surface area contributed by atoms with Gasteiger partial charge in [0, 0.05) is 0 Å². The van der Waals surface area contributed by atoms with Gasteiger partial charge < -0.3 is 5.73 Å². The Morgan fingerprint density at radius 2 is 1.87 bits per heavy atom. The van der Waals surface area contributed by atoms with Crippen molar-refractivity contribution in [3.63, 3.8) is 0 Å². The summed E-state index contributed by atoms with van der Waals surface area (Å²) in [6.07, 6.45) is 0. The molecular formula is C8H10Cl3N3O. The molecule has 0 bridgehead atoms. The molecule has 0 saturated carbocycles. The van der Waals surface area contributed by atoms with E-state index in [1.807, 2.05) is 0 Å². The number of halogens is 3. The van der Waals surface area contributed by atoms with Crippen LogP contribution < -0.4 is 16.6 Å². The lowest BCUT2D eigenvalue weighted by atomic mass is 10.3. The molecule has 0 fully saturated rings. The summed E-state index contributed by atoms with van der Waals surface area (Å²) in [5.41, 5.74) is 10.5. The number of rotatable bonds is 3. The highest BCUT2D eigenvalue weighted by atomic mass is 35.5. The third-order valence-corrected chi connectivity index (χ3v) is 2.11. The van der Waals surface area contributed by atoms with E-state index in [4.69, 9.17) is 28.9 Å². The molecule has 4 N–H and O–H groups in total. The van der Waals surface area contributed by atoms with Crippen LogP contribution in [0.4, 0.5) is 5.69 Å². The molecule has 0 aliphatic carbocycles. The third kappa shape index (κ3) is 4.13. The van der Waals surface area contributed by atoms with Crippen molar-refractivity contribution < 1.29 is 4.79 Å². The number of carbonyl (C=O) groups is 1. The number of nitrogens with two attached hydrogens (primary N) is 1. The van der Waals surface area contributed by atoms with Gasteiger partial charge >= 0.3 is 0 Å². The summed E-state index contributed by atoms with van der Waals surface area (Å²) in [4.78, 5) is 10.8. The number of nitrogens with one attached hydrogen (secondary N) is 2.